The molecule has 0 saturated carbocycles. The zero-order valence-electron chi connectivity index (χ0n) is 17.7. The molecule has 5 nitrogen and oxygen atoms in total. The van der Waals surface area contributed by atoms with E-state index in [1.807, 2.05) is 19.1 Å². The fourth-order valence-corrected chi connectivity index (χ4v) is 4.22. The van der Waals surface area contributed by atoms with Gasteiger partial charge in [0.05, 0.1) is 38.6 Å². The van der Waals surface area contributed by atoms with Gasteiger partial charge >= 0.3 is 6.18 Å². The molecule has 34 heavy (non-hydrogen) atoms. The molecule has 0 unspecified atom stereocenters. The van der Waals surface area contributed by atoms with Crippen molar-refractivity contribution in [3.63, 3.8) is 0 Å². The Morgan fingerprint density at radius 3 is 2.50 bits per heavy atom. The normalized spacial score (nSPS) is 11.6. The molecule has 1 aromatic heterocycles. The van der Waals surface area contributed by atoms with Crippen LogP contribution in [0, 0.1) is 6.92 Å². The Morgan fingerprint density at radius 2 is 1.79 bits per heavy atom. The number of benzene rings is 3. The van der Waals surface area contributed by atoms with Gasteiger partial charge in [-0.2, -0.15) is 13.2 Å². The monoisotopic (exact) mass is 503 g/mol. The van der Waals surface area contributed by atoms with Gasteiger partial charge in [-0.3, -0.25) is 14.2 Å². The number of aryl methyl sites for hydroxylation is 1. The first-order chi connectivity index (χ1) is 16.1. The number of thioether (sulfide) groups is 1. The minimum atomic E-state index is -4.57. The lowest BCUT2D eigenvalue weighted by Crippen LogP contribution is -2.23. The third-order valence-electron chi connectivity index (χ3n) is 4.94. The average molecular weight is 504 g/mol. The number of rotatable bonds is 5. The lowest BCUT2D eigenvalue weighted by atomic mass is 10.2. The number of para-hydroxylation sites is 1. The summed E-state index contributed by atoms with van der Waals surface area (Å²) in [5.74, 6) is -0.799. The van der Waals surface area contributed by atoms with Crippen molar-refractivity contribution in [1.82, 2.24) is 9.55 Å². The Hall–Kier alpha value is -3.30. The predicted octanol–water partition coefficient (Wildman–Crippen LogP) is 6.10. The number of carbonyl (C=O) groups excluding carboxylic acids is 1. The molecule has 0 aliphatic carbocycles. The zero-order valence-corrected chi connectivity index (χ0v) is 19.3. The third kappa shape index (κ3) is 5.10. The summed E-state index contributed by atoms with van der Waals surface area (Å²) in [6.07, 6.45) is -4.57. The van der Waals surface area contributed by atoms with E-state index < -0.39 is 17.6 Å². The van der Waals surface area contributed by atoms with E-state index >= 15 is 0 Å². The van der Waals surface area contributed by atoms with Gasteiger partial charge in [0, 0.05) is 0 Å². The van der Waals surface area contributed by atoms with Crippen molar-refractivity contribution in [3.8, 4) is 5.69 Å². The minimum absolute atomic E-state index is 0.0215. The van der Waals surface area contributed by atoms with Gasteiger partial charge in [0.1, 0.15) is 0 Å². The Balaban J connectivity index is 1.64. The zero-order chi connectivity index (χ0) is 24.5. The molecular weight excluding hydrogens is 487 g/mol. The van der Waals surface area contributed by atoms with Crippen molar-refractivity contribution >= 4 is 45.9 Å². The lowest BCUT2D eigenvalue weighted by Gasteiger charge is -2.14. The van der Waals surface area contributed by atoms with E-state index in [1.54, 1.807) is 36.4 Å². The van der Waals surface area contributed by atoms with Crippen molar-refractivity contribution in [2.24, 2.45) is 0 Å². The SMILES string of the molecule is Cc1ccc(-n2c(SCC(=O)Nc3cc(C(F)(F)F)ccc3Cl)nc3ccccc3c2=O)cc1. The van der Waals surface area contributed by atoms with Gasteiger partial charge in [0.15, 0.2) is 5.16 Å². The van der Waals surface area contributed by atoms with E-state index in [9.17, 15) is 22.8 Å². The van der Waals surface area contributed by atoms with Gasteiger partial charge in [-0.1, -0.05) is 53.2 Å². The summed E-state index contributed by atoms with van der Waals surface area (Å²) in [6, 6.07) is 16.8. The molecule has 0 atom stereocenters. The summed E-state index contributed by atoms with van der Waals surface area (Å²) >= 11 is 6.96. The number of fused-ring (bicyclic) bond motifs is 1. The lowest BCUT2D eigenvalue weighted by molar-refractivity contribution is -0.137. The summed E-state index contributed by atoms with van der Waals surface area (Å²) in [6.45, 7) is 1.92. The van der Waals surface area contributed by atoms with Crippen LogP contribution in [0.3, 0.4) is 0 Å². The van der Waals surface area contributed by atoms with Crippen LogP contribution in [0.25, 0.3) is 16.6 Å². The first-order valence-corrected chi connectivity index (χ1v) is 11.4. The second-order valence-corrected chi connectivity index (χ2v) is 8.77. The quantitative estimate of drug-likeness (QED) is 0.264. The van der Waals surface area contributed by atoms with E-state index in [-0.39, 0.29) is 27.2 Å². The van der Waals surface area contributed by atoms with Crippen LogP contribution in [0.5, 0.6) is 0 Å². The third-order valence-corrected chi connectivity index (χ3v) is 6.21. The van der Waals surface area contributed by atoms with Gasteiger partial charge < -0.3 is 5.32 Å². The Bertz CT molecular complexity index is 1440. The molecule has 0 radical (unpaired) electrons. The van der Waals surface area contributed by atoms with Crippen LogP contribution in [0.4, 0.5) is 18.9 Å². The van der Waals surface area contributed by atoms with Crippen molar-refractivity contribution in [2.45, 2.75) is 18.3 Å². The minimum Gasteiger partial charge on any atom is -0.324 e. The largest absolute Gasteiger partial charge is 0.416 e. The van der Waals surface area contributed by atoms with E-state index in [1.165, 1.54) is 4.57 Å². The number of hydrogen-bond donors (Lipinski definition) is 1. The number of nitrogens with zero attached hydrogens (tertiary/aromatic N) is 2. The highest BCUT2D eigenvalue weighted by Gasteiger charge is 2.31. The maximum Gasteiger partial charge on any atom is 0.416 e. The fraction of sp³-hybridized carbons (Fsp3) is 0.125. The van der Waals surface area contributed by atoms with E-state index in [0.717, 1.165) is 35.5 Å². The maximum atomic E-state index is 13.2. The summed E-state index contributed by atoms with van der Waals surface area (Å²) in [5, 5.41) is 3.08. The standard InChI is InChI=1S/C24H17ClF3N3O2S/c1-14-6-9-16(10-7-14)31-22(33)17-4-2-3-5-19(17)30-23(31)34-13-21(32)29-20-12-15(24(26,27)28)8-11-18(20)25/h2-12H,13H2,1H3,(H,29,32). The molecule has 4 aromatic rings. The first kappa shape index (κ1) is 23.8. The molecule has 1 heterocycles. The number of halogens is 4. The number of carbonyl (C=O) groups is 1. The Labute approximate surface area is 201 Å². The van der Waals surface area contributed by atoms with Crippen molar-refractivity contribution in [3.05, 3.63) is 93.2 Å². The molecule has 0 aliphatic rings. The maximum absolute atomic E-state index is 13.2. The molecule has 0 spiro atoms. The smallest absolute Gasteiger partial charge is 0.324 e. The predicted molar refractivity (Wildman–Crippen MR) is 128 cm³/mol. The molecule has 0 fully saturated rings. The summed E-state index contributed by atoms with van der Waals surface area (Å²) in [4.78, 5) is 30.3. The second-order valence-electron chi connectivity index (χ2n) is 7.42. The van der Waals surface area contributed by atoms with Crippen LogP contribution in [0.1, 0.15) is 11.1 Å². The molecule has 3 aromatic carbocycles. The number of nitrogens with one attached hydrogen (secondary N) is 1. The number of hydrogen-bond acceptors (Lipinski definition) is 4. The van der Waals surface area contributed by atoms with Crippen LogP contribution >= 0.6 is 23.4 Å². The first-order valence-electron chi connectivity index (χ1n) is 10.0. The number of alkyl halides is 3. The topological polar surface area (TPSA) is 64.0 Å². The molecule has 0 aliphatic heterocycles. The summed E-state index contributed by atoms with van der Waals surface area (Å²) in [5.41, 5.74) is 0.696. The highest BCUT2D eigenvalue weighted by molar-refractivity contribution is 7.99. The Kier molecular flexibility index (Phi) is 6.67. The van der Waals surface area contributed by atoms with Gasteiger partial charge in [0.25, 0.3) is 5.56 Å². The number of aromatic nitrogens is 2. The highest BCUT2D eigenvalue weighted by Crippen LogP contribution is 2.34. The van der Waals surface area contributed by atoms with E-state index in [4.69, 9.17) is 11.6 Å². The molecule has 10 heteroatoms. The Morgan fingerprint density at radius 1 is 1.09 bits per heavy atom. The van der Waals surface area contributed by atoms with Gasteiger partial charge in [-0.15, -0.1) is 0 Å². The van der Waals surface area contributed by atoms with Crippen molar-refractivity contribution in [2.75, 3.05) is 11.1 Å². The molecular formula is C24H17ClF3N3O2S. The van der Waals surface area contributed by atoms with E-state index in [2.05, 4.69) is 10.3 Å². The molecule has 0 bridgehead atoms. The van der Waals surface area contributed by atoms with Gasteiger partial charge in [-0.05, 0) is 49.4 Å². The van der Waals surface area contributed by atoms with Crippen LogP contribution in [-0.2, 0) is 11.0 Å². The van der Waals surface area contributed by atoms with E-state index in [0.29, 0.717) is 16.6 Å². The summed E-state index contributed by atoms with van der Waals surface area (Å²) < 4.78 is 40.4. The molecule has 1 N–H and O–H groups in total. The van der Waals surface area contributed by atoms with Crippen LogP contribution in [-0.4, -0.2) is 21.2 Å². The number of amides is 1. The van der Waals surface area contributed by atoms with Crippen LogP contribution < -0.4 is 10.9 Å². The fourth-order valence-electron chi connectivity index (χ4n) is 3.24. The average Bonchev–Trinajstić information content (AvgIpc) is 2.79. The van der Waals surface area contributed by atoms with Gasteiger partial charge in [0.2, 0.25) is 5.91 Å². The molecule has 1 amide bonds. The highest BCUT2D eigenvalue weighted by atomic mass is 35.5. The van der Waals surface area contributed by atoms with Crippen LogP contribution in [0.15, 0.2) is 76.7 Å². The summed E-state index contributed by atoms with van der Waals surface area (Å²) in [7, 11) is 0. The second kappa shape index (κ2) is 9.52. The van der Waals surface area contributed by atoms with Gasteiger partial charge in [-0.25, -0.2) is 4.98 Å². The van der Waals surface area contributed by atoms with Crippen LogP contribution in [0.2, 0.25) is 5.02 Å². The van der Waals surface area contributed by atoms with Crippen molar-refractivity contribution < 1.29 is 18.0 Å². The molecule has 0 saturated heterocycles. The molecule has 4 rings (SSSR count). The number of anilines is 1. The molecule has 174 valence electrons. The van der Waals surface area contributed by atoms with Crippen molar-refractivity contribution in [1.29, 1.82) is 0 Å².